The summed E-state index contributed by atoms with van der Waals surface area (Å²) < 4.78 is 18.5. The lowest BCUT2D eigenvalue weighted by atomic mass is 9.84. The molecule has 0 amide bonds. The van der Waals surface area contributed by atoms with Crippen LogP contribution in [0.2, 0.25) is 0 Å². The highest BCUT2D eigenvalue weighted by atomic mass is 19.1. The average molecular weight is 386 g/mol. The zero-order valence-electron chi connectivity index (χ0n) is 17.0. The van der Waals surface area contributed by atoms with Gasteiger partial charge in [0.1, 0.15) is 12.2 Å². The van der Waals surface area contributed by atoms with Crippen LogP contribution >= 0.6 is 0 Å². The van der Waals surface area contributed by atoms with Gasteiger partial charge in [-0.3, -0.25) is 0 Å². The molecule has 0 bridgehead atoms. The number of aryl methyl sites for hydroxylation is 1. The third-order valence-electron chi connectivity index (χ3n) is 5.58. The maximum Gasteiger partial charge on any atom is 0.338 e. The maximum atomic E-state index is 12.8. The van der Waals surface area contributed by atoms with Crippen LogP contribution in [0.3, 0.4) is 0 Å². The van der Waals surface area contributed by atoms with E-state index in [-0.39, 0.29) is 12.1 Å². The minimum atomic E-state index is -0.699. The summed E-state index contributed by atoms with van der Waals surface area (Å²) in [6, 6.07) is 9.32. The van der Waals surface area contributed by atoms with Gasteiger partial charge in [-0.1, -0.05) is 38.3 Å². The molecule has 1 aromatic rings. The Hall–Kier alpha value is -2.15. The molecule has 152 valence electrons. The number of rotatable bonds is 10. The Bertz CT molecular complexity index is 667. The fraction of sp³-hybridized carbons (Fsp3) is 0.583. The Morgan fingerprint density at radius 1 is 1.18 bits per heavy atom. The van der Waals surface area contributed by atoms with Gasteiger partial charge in [-0.25, -0.2) is 4.79 Å². The molecule has 1 aromatic carbocycles. The number of carbonyl (C=O) groups is 1. The van der Waals surface area contributed by atoms with Gasteiger partial charge in [0.2, 0.25) is 0 Å². The molecule has 0 N–H and O–H groups in total. The van der Waals surface area contributed by atoms with Crippen molar-refractivity contribution in [3.8, 4) is 6.07 Å². The average Bonchev–Trinajstić information content (AvgIpc) is 2.72. The van der Waals surface area contributed by atoms with Gasteiger partial charge in [-0.2, -0.15) is 9.65 Å². The molecule has 4 heteroatoms. The summed E-state index contributed by atoms with van der Waals surface area (Å²) in [6.07, 6.45) is 12.5. The van der Waals surface area contributed by atoms with E-state index in [9.17, 15) is 9.18 Å². The van der Waals surface area contributed by atoms with Gasteiger partial charge in [0.05, 0.1) is 5.56 Å². The van der Waals surface area contributed by atoms with Gasteiger partial charge in [-0.05, 0) is 81.1 Å². The summed E-state index contributed by atoms with van der Waals surface area (Å²) in [5.74, 6) is -0.417. The van der Waals surface area contributed by atoms with Gasteiger partial charge in [0.15, 0.2) is 5.83 Å². The molecule has 0 aromatic heterocycles. The molecule has 1 saturated carbocycles. The number of carbonyl (C=O) groups excluding carboxylic acids is 1. The lowest BCUT2D eigenvalue weighted by Crippen LogP contribution is -2.24. The van der Waals surface area contributed by atoms with Crippen LogP contribution in [0.25, 0.3) is 0 Å². The maximum absolute atomic E-state index is 12.8. The van der Waals surface area contributed by atoms with E-state index < -0.39 is 5.83 Å². The molecule has 0 spiro atoms. The number of halogens is 1. The van der Waals surface area contributed by atoms with Crippen LogP contribution < -0.4 is 0 Å². The molecule has 0 heterocycles. The zero-order valence-corrected chi connectivity index (χ0v) is 17.0. The highest BCUT2D eigenvalue weighted by Crippen LogP contribution is 2.30. The van der Waals surface area contributed by atoms with Crippen molar-refractivity contribution < 1.29 is 13.9 Å². The van der Waals surface area contributed by atoms with Crippen molar-refractivity contribution in [3.05, 3.63) is 47.3 Å². The Balaban J connectivity index is 1.70. The van der Waals surface area contributed by atoms with Crippen molar-refractivity contribution in [1.82, 2.24) is 0 Å². The fourth-order valence-electron chi connectivity index (χ4n) is 3.81. The summed E-state index contributed by atoms with van der Waals surface area (Å²) in [5, 5.41) is 8.42. The molecular formula is C24H32FNO2. The minimum Gasteiger partial charge on any atom is -0.459 e. The second-order valence-corrected chi connectivity index (χ2v) is 7.80. The highest BCUT2D eigenvalue weighted by molar-refractivity contribution is 5.89. The minimum absolute atomic E-state index is 0.0242. The molecule has 0 unspecified atom stereocenters. The number of hydrogen-bond donors (Lipinski definition) is 0. The summed E-state index contributed by atoms with van der Waals surface area (Å²) >= 11 is 0. The predicted octanol–water partition coefficient (Wildman–Crippen LogP) is 6.68. The van der Waals surface area contributed by atoms with Crippen molar-refractivity contribution in [2.45, 2.75) is 83.7 Å². The van der Waals surface area contributed by atoms with Gasteiger partial charge in [-0.15, -0.1) is 0 Å². The molecule has 0 atom stereocenters. The SMILES string of the molecule is CCCCCCc1ccc(C(=O)OC2CCC(CCC=C(F)C#N)CC2)cc1. The van der Waals surface area contributed by atoms with Crippen LogP contribution in [0.4, 0.5) is 4.39 Å². The number of unbranched alkanes of at least 4 members (excludes halogenated alkanes) is 3. The van der Waals surface area contributed by atoms with Crippen molar-refractivity contribution in [1.29, 1.82) is 5.26 Å². The number of ether oxygens (including phenoxy) is 1. The molecule has 1 aliphatic rings. The Kier molecular flexibility index (Phi) is 9.76. The molecule has 3 nitrogen and oxygen atoms in total. The lowest BCUT2D eigenvalue weighted by molar-refractivity contribution is 0.0162. The number of allylic oxidation sites excluding steroid dienone is 2. The second-order valence-electron chi connectivity index (χ2n) is 7.80. The van der Waals surface area contributed by atoms with E-state index in [1.165, 1.54) is 43.4 Å². The van der Waals surface area contributed by atoms with Crippen LogP contribution in [-0.2, 0) is 11.2 Å². The Morgan fingerprint density at radius 3 is 2.54 bits per heavy atom. The normalized spacial score (nSPS) is 19.8. The molecule has 28 heavy (non-hydrogen) atoms. The molecule has 0 saturated heterocycles. The molecular weight excluding hydrogens is 353 g/mol. The molecule has 0 radical (unpaired) electrons. The standard InChI is InChI=1S/C24H32FNO2/c1-2-3-4-5-7-19-10-14-21(15-11-19)24(27)28-23-16-12-20(13-17-23)8-6-9-22(25)18-26/h9-11,14-15,20,23H,2-8,12-13,16-17H2,1H3. The number of benzene rings is 1. The van der Waals surface area contributed by atoms with E-state index in [4.69, 9.17) is 10.00 Å². The smallest absolute Gasteiger partial charge is 0.338 e. The first-order valence-corrected chi connectivity index (χ1v) is 10.7. The largest absolute Gasteiger partial charge is 0.459 e. The number of esters is 1. The quantitative estimate of drug-likeness (QED) is 0.256. The third-order valence-corrected chi connectivity index (χ3v) is 5.58. The lowest BCUT2D eigenvalue weighted by Gasteiger charge is -2.28. The fourth-order valence-corrected chi connectivity index (χ4v) is 3.81. The molecule has 1 fully saturated rings. The molecule has 1 aliphatic carbocycles. The highest BCUT2D eigenvalue weighted by Gasteiger charge is 2.24. The molecule has 2 rings (SSSR count). The van der Waals surface area contributed by atoms with E-state index in [0.29, 0.717) is 17.9 Å². The van der Waals surface area contributed by atoms with Crippen LogP contribution in [0.5, 0.6) is 0 Å². The van der Waals surface area contributed by atoms with Gasteiger partial charge in [0, 0.05) is 0 Å². The van der Waals surface area contributed by atoms with E-state index in [1.54, 1.807) is 0 Å². The summed E-state index contributed by atoms with van der Waals surface area (Å²) in [6.45, 7) is 2.21. The van der Waals surface area contributed by atoms with Crippen molar-refractivity contribution >= 4 is 5.97 Å². The predicted molar refractivity (Wildman–Crippen MR) is 109 cm³/mol. The van der Waals surface area contributed by atoms with Gasteiger partial charge in [0.25, 0.3) is 0 Å². The topological polar surface area (TPSA) is 50.1 Å². The van der Waals surface area contributed by atoms with Crippen molar-refractivity contribution in [3.63, 3.8) is 0 Å². The van der Waals surface area contributed by atoms with Crippen LogP contribution in [0.1, 0.15) is 87.1 Å². The summed E-state index contributed by atoms with van der Waals surface area (Å²) in [4.78, 5) is 12.4. The van der Waals surface area contributed by atoms with Gasteiger partial charge < -0.3 is 4.74 Å². The van der Waals surface area contributed by atoms with Crippen molar-refractivity contribution in [2.24, 2.45) is 5.92 Å². The Morgan fingerprint density at radius 2 is 1.89 bits per heavy atom. The number of nitriles is 1. The van der Waals surface area contributed by atoms with Crippen LogP contribution in [-0.4, -0.2) is 12.1 Å². The molecule has 0 aliphatic heterocycles. The van der Waals surface area contributed by atoms with E-state index >= 15 is 0 Å². The summed E-state index contributed by atoms with van der Waals surface area (Å²) in [5.41, 5.74) is 1.89. The summed E-state index contributed by atoms with van der Waals surface area (Å²) in [7, 11) is 0. The first-order valence-electron chi connectivity index (χ1n) is 10.7. The second kappa shape index (κ2) is 12.3. The number of nitrogens with zero attached hydrogens (tertiary/aromatic N) is 1. The van der Waals surface area contributed by atoms with E-state index in [1.807, 2.05) is 24.3 Å². The zero-order chi connectivity index (χ0) is 20.2. The van der Waals surface area contributed by atoms with Gasteiger partial charge >= 0.3 is 5.97 Å². The van der Waals surface area contributed by atoms with Crippen LogP contribution in [0.15, 0.2) is 36.2 Å². The Labute approximate surface area is 168 Å². The van der Waals surface area contributed by atoms with Crippen LogP contribution in [0, 0.1) is 17.2 Å². The number of hydrogen-bond acceptors (Lipinski definition) is 3. The van der Waals surface area contributed by atoms with Crippen molar-refractivity contribution in [2.75, 3.05) is 0 Å². The first-order chi connectivity index (χ1) is 13.6. The third kappa shape index (κ3) is 7.84. The van der Waals surface area contributed by atoms with E-state index in [0.717, 1.165) is 38.5 Å². The first kappa shape index (κ1) is 22.1. The monoisotopic (exact) mass is 385 g/mol. The van der Waals surface area contributed by atoms with E-state index in [2.05, 4.69) is 6.92 Å².